The zero-order valence-electron chi connectivity index (χ0n) is 16.9. The summed E-state index contributed by atoms with van der Waals surface area (Å²) in [4.78, 5) is 0. The molecular weight excluding hydrogens is 320 g/mol. The molecule has 0 rings (SSSR count). The molecule has 0 heterocycles. The number of hydrogen-bond donors (Lipinski definition) is 3. The lowest BCUT2D eigenvalue weighted by atomic mass is 9.91. The van der Waals surface area contributed by atoms with Gasteiger partial charge in [-0.05, 0) is 19.8 Å². The third-order valence-corrected chi connectivity index (χ3v) is 4.98. The van der Waals surface area contributed by atoms with E-state index >= 15 is 0 Å². The van der Waals surface area contributed by atoms with Crippen LogP contribution in [0.4, 0.5) is 0 Å². The van der Waals surface area contributed by atoms with Gasteiger partial charge >= 0.3 is 0 Å². The van der Waals surface area contributed by atoms with Crippen LogP contribution in [0.1, 0.15) is 85.0 Å². The fraction of sp³-hybridized carbons (Fsp3) is 1.00. The van der Waals surface area contributed by atoms with E-state index in [1.165, 1.54) is 45.6 Å². The van der Waals surface area contributed by atoms with Gasteiger partial charge in [0.2, 0.25) is 0 Å². The molecule has 0 saturated carbocycles. The average Bonchev–Trinajstić information content (AvgIpc) is 2.61. The van der Waals surface area contributed by atoms with Gasteiger partial charge in [-0.2, -0.15) is 0 Å². The van der Waals surface area contributed by atoms with Crippen LogP contribution >= 0.6 is 0 Å². The SMILES string of the molecule is CCCCCCCC(C)(CCCCC)OC[C@@H](O)C(O)C(CO)OC. The van der Waals surface area contributed by atoms with Gasteiger partial charge in [0.05, 0.1) is 18.8 Å². The van der Waals surface area contributed by atoms with Gasteiger partial charge in [0.25, 0.3) is 0 Å². The summed E-state index contributed by atoms with van der Waals surface area (Å²) in [5, 5.41) is 29.4. The van der Waals surface area contributed by atoms with E-state index in [4.69, 9.17) is 14.6 Å². The highest BCUT2D eigenvalue weighted by Crippen LogP contribution is 2.27. The molecule has 0 aliphatic heterocycles. The van der Waals surface area contributed by atoms with Crippen molar-refractivity contribution in [3.63, 3.8) is 0 Å². The summed E-state index contributed by atoms with van der Waals surface area (Å²) < 4.78 is 11.0. The Hall–Kier alpha value is -0.200. The standard InChI is InChI=1S/C20H42O5/c1-5-7-9-10-12-14-20(3,13-11-8-6-2)25-16-17(22)19(23)18(15-21)24-4/h17-19,21-23H,5-16H2,1-4H3/t17-,18?,19?,20?/m1/s1. The normalized spacial score (nSPS) is 17.9. The van der Waals surface area contributed by atoms with Crippen LogP contribution in [0, 0.1) is 0 Å². The zero-order chi connectivity index (χ0) is 19.1. The molecule has 25 heavy (non-hydrogen) atoms. The molecule has 0 aromatic rings. The maximum absolute atomic E-state index is 10.2. The predicted molar refractivity (Wildman–Crippen MR) is 102 cm³/mol. The Kier molecular flexibility index (Phi) is 14.8. The van der Waals surface area contributed by atoms with Crippen molar-refractivity contribution in [2.45, 2.75) is 109 Å². The highest BCUT2D eigenvalue weighted by atomic mass is 16.5. The van der Waals surface area contributed by atoms with E-state index in [1.807, 2.05) is 0 Å². The van der Waals surface area contributed by atoms with E-state index < -0.39 is 18.3 Å². The molecule has 0 radical (unpaired) electrons. The lowest BCUT2D eigenvalue weighted by Gasteiger charge is -2.33. The third-order valence-electron chi connectivity index (χ3n) is 4.98. The van der Waals surface area contributed by atoms with Gasteiger partial charge in [-0.1, -0.05) is 65.2 Å². The van der Waals surface area contributed by atoms with Crippen molar-refractivity contribution >= 4 is 0 Å². The number of hydrogen-bond acceptors (Lipinski definition) is 5. The monoisotopic (exact) mass is 362 g/mol. The first kappa shape index (κ1) is 24.8. The van der Waals surface area contributed by atoms with Gasteiger partial charge in [-0.25, -0.2) is 0 Å². The van der Waals surface area contributed by atoms with Crippen LogP contribution in [-0.2, 0) is 9.47 Å². The minimum absolute atomic E-state index is 0.0542. The summed E-state index contributed by atoms with van der Waals surface area (Å²) in [5.74, 6) is 0. The second-order valence-corrected chi connectivity index (χ2v) is 7.40. The van der Waals surface area contributed by atoms with Crippen molar-refractivity contribution in [2.75, 3.05) is 20.3 Å². The molecule has 0 saturated heterocycles. The van der Waals surface area contributed by atoms with Gasteiger partial charge in [0.15, 0.2) is 0 Å². The van der Waals surface area contributed by atoms with Crippen LogP contribution < -0.4 is 0 Å². The van der Waals surface area contributed by atoms with Gasteiger partial charge < -0.3 is 24.8 Å². The topological polar surface area (TPSA) is 79.2 Å². The highest BCUT2D eigenvalue weighted by Gasteiger charge is 2.30. The van der Waals surface area contributed by atoms with Crippen molar-refractivity contribution in [2.24, 2.45) is 0 Å². The van der Waals surface area contributed by atoms with Crippen LogP contribution in [0.2, 0.25) is 0 Å². The average molecular weight is 363 g/mol. The van der Waals surface area contributed by atoms with Gasteiger partial charge in [0, 0.05) is 7.11 Å². The molecule has 152 valence electrons. The molecule has 5 heteroatoms. The van der Waals surface area contributed by atoms with E-state index in [9.17, 15) is 10.2 Å². The summed E-state index contributed by atoms with van der Waals surface area (Å²) in [5.41, 5.74) is -0.274. The molecule has 0 aliphatic rings. The molecule has 5 nitrogen and oxygen atoms in total. The number of rotatable bonds is 17. The number of methoxy groups -OCH3 is 1. The molecule has 0 aromatic carbocycles. The van der Waals surface area contributed by atoms with Crippen molar-refractivity contribution in [3.05, 3.63) is 0 Å². The van der Waals surface area contributed by atoms with Gasteiger partial charge in [0.1, 0.15) is 18.3 Å². The molecule has 0 fully saturated rings. The van der Waals surface area contributed by atoms with Gasteiger partial charge in [-0.3, -0.25) is 0 Å². The number of aliphatic hydroxyl groups is 3. The first-order valence-electron chi connectivity index (χ1n) is 10.1. The fourth-order valence-corrected chi connectivity index (χ4v) is 3.08. The first-order chi connectivity index (χ1) is 11.9. The van der Waals surface area contributed by atoms with Crippen molar-refractivity contribution in [1.29, 1.82) is 0 Å². The Morgan fingerprint density at radius 1 is 0.880 bits per heavy atom. The van der Waals surface area contributed by atoms with Crippen LogP contribution in [0.5, 0.6) is 0 Å². The van der Waals surface area contributed by atoms with Crippen LogP contribution in [-0.4, -0.2) is 59.6 Å². The molecule has 4 atom stereocenters. The maximum atomic E-state index is 10.2. The highest BCUT2D eigenvalue weighted by molar-refractivity contribution is 4.80. The summed E-state index contributed by atoms with van der Waals surface area (Å²) in [6.07, 6.45) is 8.48. The summed E-state index contributed by atoms with van der Waals surface area (Å²) in [7, 11) is 1.41. The van der Waals surface area contributed by atoms with E-state index in [1.54, 1.807) is 0 Å². The Morgan fingerprint density at radius 2 is 1.40 bits per heavy atom. The lowest BCUT2D eigenvalue weighted by Crippen LogP contribution is -2.44. The minimum Gasteiger partial charge on any atom is -0.394 e. The van der Waals surface area contributed by atoms with Crippen LogP contribution in [0.15, 0.2) is 0 Å². The fourth-order valence-electron chi connectivity index (χ4n) is 3.08. The van der Waals surface area contributed by atoms with E-state index in [0.29, 0.717) is 0 Å². The molecule has 0 amide bonds. The number of ether oxygens (including phenoxy) is 2. The predicted octanol–water partition coefficient (Wildman–Crippen LogP) is 3.43. The lowest BCUT2D eigenvalue weighted by molar-refractivity contribution is -0.139. The molecular formula is C20H42O5. The minimum atomic E-state index is -1.15. The molecule has 0 bridgehead atoms. The second kappa shape index (κ2) is 14.9. The van der Waals surface area contributed by atoms with E-state index in [0.717, 1.165) is 25.7 Å². The molecule has 3 unspecified atom stereocenters. The smallest absolute Gasteiger partial charge is 0.110 e. The third kappa shape index (κ3) is 11.2. The Bertz CT molecular complexity index is 296. The quantitative estimate of drug-likeness (QED) is 0.346. The largest absolute Gasteiger partial charge is 0.394 e. The molecule has 3 N–H and O–H groups in total. The van der Waals surface area contributed by atoms with Crippen molar-refractivity contribution < 1.29 is 24.8 Å². The molecule has 0 aromatic heterocycles. The zero-order valence-corrected chi connectivity index (χ0v) is 16.9. The van der Waals surface area contributed by atoms with Crippen molar-refractivity contribution in [3.8, 4) is 0 Å². The van der Waals surface area contributed by atoms with Crippen molar-refractivity contribution in [1.82, 2.24) is 0 Å². The Balaban J connectivity index is 4.48. The Labute approximate surface area is 154 Å². The molecule has 0 spiro atoms. The maximum Gasteiger partial charge on any atom is 0.110 e. The van der Waals surface area contributed by atoms with Gasteiger partial charge in [-0.15, -0.1) is 0 Å². The summed E-state index contributed by atoms with van der Waals surface area (Å²) >= 11 is 0. The summed E-state index contributed by atoms with van der Waals surface area (Å²) in [6, 6.07) is 0. The Morgan fingerprint density at radius 3 is 1.92 bits per heavy atom. The van der Waals surface area contributed by atoms with Crippen LogP contribution in [0.3, 0.4) is 0 Å². The van der Waals surface area contributed by atoms with E-state index in [-0.39, 0.29) is 18.8 Å². The number of unbranched alkanes of at least 4 members (excludes halogenated alkanes) is 6. The second-order valence-electron chi connectivity index (χ2n) is 7.40. The number of aliphatic hydroxyl groups excluding tert-OH is 3. The van der Waals surface area contributed by atoms with Crippen LogP contribution in [0.25, 0.3) is 0 Å². The molecule has 0 aliphatic carbocycles. The van der Waals surface area contributed by atoms with E-state index in [2.05, 4.69) is 20.8 Å². The summed E-state index contributed by atoms with van der Waals surface area (Å²) in [6.45, 7) is 6.23. The first-order valence-corrected chi connectivity index (χ1v) is 10.1.